The lowest BCUT2D eigenvalue weighted by atomic mass is 9.89. The van der Waals surface area contributed by atoms with Gasteiger partial charge in [0.25, 0.3) is 0 Å². The van der Waals surface area contributed by atoms with Gasteiger partial charge in [0.05, 0.1) is 6.61 Å². The van der Waals surface area contributed by atoms with Gasteiger partial charge in [-0.3, -0.25) is 0 Å². The molecule has 3 aliphatic rings. The largest absolute Gasteiger partial charge is 0.493 e. The summed E-state index contributed by atoms with van der Waals surface area (Å²) in [6.07, 6.45) is 5.63. The molecule has 3 unspecified atom stereocenters. The fraction of sp³-hybridized carbons (Fsp3) is 0.647. The van der Waals surface area contributed by atoms with Gasteiger partial charge in [0.1, 0.15) is 5.75 Å². The lowest BCUT2D eigenvalue weighted by Crippen LogP contribution is -2.19. The highest BCUT2D eigenvalue weighted by molar-refractivity contribution is 5.51. The highest BCUT2D eigenvalue weighted by Gasteiger charge is 2.39. The number of nitrogens with one attached hydrogen (secondary N) is 1. The third-order valence-corrected chi connectivity index (χ3v) is 5.26. The van der Waals surface area contributed by atoms with Crippen LogP contribution in [-0.2, 0) is 6.54 Å². The molecule has 21 heavy (non-hydrogen) atoms. The number of benzene rings is 1. The standard InChI is InChI=1S/C17H23NO3/c1-18-8-13-6-16-17(21-10-20-16)7-15(13)19-9-14-5-11-2-3-12(14)4-11/h6-7,11-12,14,18H,2-5,8-10H2,1H3. The van der Waals surface area contributed by atoms with Crippen LogP contribution in [0.5, 0.6) is 17.2 Å². The Labute approximate surface area is 125 Å². The lowest BCUT2D eigenvalue weighted by Gasteiger charge is -2.22. The molecule has 2 saturated carbocycles. The van der Waals surface area contributed by atoms with Crippen molar-refractivity contribution < 1.29 is 14.2 Å². The van der Waals surface area contributed by atoms with Crippen molar-refractivity contribution in [3.63, 3.8) is 0 Å². The Kier molecular flexibility index (Phi) is 3.42. The van der Waals surface area contributed by atoms with E-state index in [0.717, 1.165) is 53.7 Å². The van der Waals surface area contributed by atoms with Crippen LogP contribution in [0.25, 0.3) is 0 Å². The highest BCUT2D eigenvalue weighted by atomic mass is 16.7. The third kappa shape index (κ3) is 2.46. The van der Waals surface area contributed by atoms with Gasteiger partial charge in [-0.15, -0.1) is 0 Å². The predicted octanol–water partition coefficient (Wildman–Crippen LogP) is 2.95. The van der Waals surface area contributed by atoms with Crippen LogP contribution in [-0.4, -0.2) is 20.4 Å². The second-order valence-corrected chi connectivity index (χ2v) is 6.59. The molecule has 2 bridgehead atoms. The van der Waals surface area contributed by atoms with E-state index in [2.05, 4.69) is 5.32 Å². The molecule has 1 aromatic rings. The Morgan fingerprint density at radius 3 is 2.76 bits per heavy atom. The van der Waals surface area contributed by atoms with E-state index in [4.69, 9.17) is 14.2 Å². The molecule has 0 radical (unpaired) electrons. The molecule has 4 nitrogen and oxygen atoms in total. The van der Waals surface area contributed by atoms with E-state index in [1.54, 1.807) is 0 Å². The Hall–Kier alpha value is -1.42. The molecule has 2 fully saturated rings. The first-order chi connectivity index (χ1) is 10.3. The molecular weight excluding hydrogens is 266 g/mol. The molecule has 0 saturated heterocycles. The number of hydrogen-bond acceptors (Lipinski definition) is 4. The molecule has 114 valence electrons. The molecule has 1 aliphatic heterocycles. The Bertz CT molecular complexity index is 531. The molecule has 1 N–H and O–H groups in total. The van der Waals surface area contributed by atoms with E-state index >= 15 is 0 Å². The van der Waals surface area contributed by atoms with Crippen molar-refractivity contribution in [2.45, 2.75) is 32.2 Å². The first-order valence-electron chi connectivity index (χ1n) is 8.03. The average Bonchev–Trinajstić information content (AvgIpc) is 3.20. The van der Waals surface area contributed by atoms with Crippen LogP contribution < -0.4 is 19.5 Å². The van der Waals surface area contributed by atoms with Gasteiger partial charge in [-0.25, -0.2) is 0 Å². The topological polar surface area (TPSA) is 39.7 Å². The normalized spacial score (nSPS) is 29.1. The number of hydrogen-bond donors (Lipinski definition) is 1. The summed E-state index contributed by atoms with van der Waals surface area (Å²) in [6, 6.07) is 4.02. The van der Waals surface area contributed by atoms with Gasteiger partial charge < -0.3 is 19.5 Å². The van der Waals surface area contributed by atoms with Gasteiger partial charge in [-0.1, -0.05) is 6.42 Å². The Balaban J connectivity index is 1.48. The van der Waals surface area contributed by atoms with Gasteiger partial charge in [0, 0.05) is 18.2 Å². The van der Waals surface area contributed by atoms with Crippen LogP contribution in [0.3, 0.4) is 0 Å². The maximum Gasteiger partial charge on any atom is 0.231 e. The molecule has 1 heterocycles. The highest BCUT2D eigenvalue weighted by Crippen LogP contribution is 2.48. The van der Waals surface area contributed by atoms with E-state index in [9.17, 15) is 0 Å². The molecule has 0 amide bonds. The van der Waals surface area contributed by atoms with Crippen LogP contribution in [0.4, 0.5) is 0 Å². The molecule has 4 heteroatoms. The SMILES string of the molecule is CNCc1cc2c(cc1OCC1CC3CCC1C3)OCO2. The summed E-state index contributed by atoms with van der Waals surface area (Å²) in [5.41, 5.74) is 1.14. The number of rotatable bonds is 5. The first-order valence-corrected chi connectivity index (χ1v) is 8.03. The summed E-state index contributed by atoms with van der Waals surface area (Å²) in [7, 11) is 1.95. The maximum atomic E-state index is 6.18. The maximum absolute atomic E-state index is 6.18. The van der Waals surface area contributed by atoms with Crippen LogP contribution in [0.1, 0.15) is 31.2 Å². The molecule has 2 aliphatic carbocycles. The zero-order chi connectivity index (χ0) is 14.2. The number of fused-ring (bicyclic) bond motifs is 3. The van der Waals surface area contributed by atoms with Gasteiger partial charge in [0.15, 0.2) is 11.5 Å². The average molecular weight is 289 g/mol. The second kappa shape index (κ2) is 5.41. The van der Waals surface area contributed by atoms with Crippen LogP contribution in [0.2, 0.25) is 0 Å². The van der Waals surface area contributed by atoms with Crippen molar-refractivity contribution >= 4 is 0 Å². The van der Waals surface area contributed by atoms with E-state index < -0.39 is 0 Å². The minimum Gasteiger partial charge on any atom is -0.493 e. The van der Waals surface area contributed by atoms with Crippen molar-refractivity contribution in [3.05, 3.63) is 17.7 Å². The van der Waals surface area contributed by atoms with Crippen molar-refractivity contribution in [2.24, 2.45) is 17.8 Å². The summed E-state index contributed by atoms with van der Waals surface area (Å²) in [5.74, 6) is 5.19. The first kappa shape index (κ1) is 13.3. The molecule has 3 atom stereocenters. The number of ether oxygens (including phenoxy) is 3. The summed E-state index contributed by atoms with van der Waals surface area (Å²) in [5, 5.41) is 3.19. The molecule has 1 aromatic carbocycles. The van der Waals surface area contributed by atoms with Gasteiger partial charge in [-0.2, -0.15) is 0 Å². The predicted molar refractivity (Wildman–Crippen MR) is 79.8 cm³/mol. The van der Waals surface area contributed by atoms with Crippen molar-refractivity contribution in [3.8, 4) is 17.2 Å². The fourth-order valence-electron chi connectivity index (χ4n) is 4.21. The third-order valence-electron chi connectivity index (χ3n) is 5.26. The second-order valence-electron chi connectivity index (χ2n) is 6.59. The summed E-state index contributed by atoms with van der Waals surface area (Å²) >= 11 is 0. The minimum atomic E-state index is 0.310. The fourth-order valence-corrected chi connectivity index (χ4v) is 4.21. The van der Waals surface area contributed by atoms with E-state index in [-0.39, 0.29) is 0 Å². The van der Waals surface area contributed by atoms with Crippen LogP contribution in [0.15, 0.2) is 12.1 Å². The Morgan fingerprint density at radius 1 is 1.19 bits per heavy atom. The van der Waals surface area contributed by atoms with Crippen molar-refractivity contribution in [1.82, 2.24) is 5.32 Å². The zero-order valence-corrected chi connectivity index (χ0v) is 12.6. The lowest BCUT2D eigenvalue weighted by molar-refractivity contribution is 0.173. The van der Waals surface area contributed by atoms with Gasteiger partial charge in [-0.05, 0) is 50.1 Å². The monoisotopic (exact) mass is 289 g/mol. The van der Waals surface area contributed by atoms with Crippen molar-refractivity contribution in [2.75, 3.05) is 20.4 Å². The van der Waals surface area contributed by atoms with Crippen LogP contribution >= 0.6 is 0 Å². The van der Waals surface area contributed by atoms with Gasteiger partial charge in [0.2, 0.25) is 6.79 Å². The van der Waals surface area contributed by atoms with E-state index in [1.807, 2.05) is 19.2 Å². The quantitative estimate of drug-likeness (QED) is 0.904. The summed E-state index contributed by atoms with van der Waals surface area (Å²) in [4.78, 5) is 0. The van der Waals surface area contributed by atoms with E-state index in [0.29, 0.717) is 6.79 Å². The summed E-state index contributed by atoms with van der Waals surface area (Å²) < 4.78 is 17.1. The molecule has 0 aromatic heterocycles. The van der Waals surface area contributed by atoms with Crippen LogP contribution in [0, 0.1) is 17.8 Å². The molecule has 4 rings (SSSR count). The minimum absolute atomic E-state index is 0.310. The van der Waals surface area contributed by atoms with Gasteiger partial charge >= 0.3 is 0 Å². The Morgan fingerprint density at radius 2 is 2.05 bits per heavy atom. The molecule has 0 spiro atoms. The van der Waals surface area contributed by atoms with Crippen molar-refractivity contribution in [1.29, 1.82) is 0 Å². The summed E-state index contributed by atoms with van der Waals surface area (Å²) in [6.45, 7) is 1.93. The zero-order valence-electron chi connectivity index (χ0n) is 12.6. The molecular formula is C17H23NO3. The smallest absolute Gasteiger partial charge is 0.231 e. The van der Waals surface area contributed by atoms with E-state index in [1.165, 1.54) is 25.7 Å².